The fraction of sp³-hybridized carbons (Fsp3) is 0.278. The van der Waals surface area contributed by atoms with E-state index in [1.54, 1.807) is 12.1 Å². The van der Waals surface area contributed by atoms with Crippen LogP contribution in [0, 0.1) is 0 Å². The Bertz CT molecular complexity index is 823. The zero-order chi connectivity index (χ0) is 17.2. The van der Waals surface area contributed by atoms with Crippen LogP contribution < -0.4 is 24.3 Å². The number of fused-ring (bicyclic) bond motifs is 2. The largest absolute Gasteiger partial charge is 0.489 e. The Kier molecular flexibility index (Phi) is 4.28. The molecule has 0 atom stereocenters. The van der Waals surface area contributed by atoms with Crippen LogP contribution in [0.5, 0.6) is 23.0 Å². The molecule has 0 saturated carbocycles. The fourth-order valence-electron chi connectivity index (χ4n) is 2.70. The van der Waals surface area contributed by atoms with Crippen LogP contribution >= 0.6 is 11.6 Å². The molecule has 2 aliphatic heterocycles. The Morgan fingerprint density at radius 1 is 1.00 bits per heavy atom. The Hall–Kier alpha value is -2.60. The van der Waals surface area contributed by atoms with E-state index in [0.29, 0.717) is 53.3 Å². The summed E-state index contributed by atoms with van der Waals surface area (Å²) in [5.74, 6) is 2.15. The second-order valence-corrected chi connectivity index (χ2v) is 6.11. The lowest BCUT2D eigenvalue weighted by Crippen LogP contribution is -2.22. The van der Waals surface area contributed by atoms with E-state index in [1.165, 1.54) is 0 Å². The van der Waals surface area contributed by atoms with Gasteiger partial charge in [0.2, 0.25) is 6.79 Å². The summed E-state index contributed by atoms with van der Waals surface area (Å²) < 4.78 is 21.8. The van der Waals surface area contributed by atoms with Crippen LogP contribution in [-0.4, -0.2) is 25.9 Å². The molecule has 2 heterocycles. The number of hydrogen-bond acceptors (Lipinski definition) is 5. The van der Waals surface area contributed by atoms with Crippen LogP contribution in [0.15, 0.2) is 30.3 Å². The summed E-state index contributed by atoms with van der Waals surface area (Å²) >= 11 is 6.23. The lowest BCUT2D eigenvalue weighted by atomic mass is 10.1. The number of carbonyl (C=O) groups is 1. The number of carbonyl (C=O) groups excluding carboxylic acids is 1. The number of hydrogen-bond donors (Lipinski definition) is 1. The van der Waals surface area contributed by atoms with Gasteiger partial charge < -0.3 is 24.3 Å². The molecule has 25 heavy (non-hydrogen) atoms. The highest BCUT2D eigenvalue weighted by Gasteiger charge is 2.19. The molecular weight excluding hydrogens is 346 g/mol. The molecule has 0 saturated heterocycles. The summed E-state index contributed by atoms with van der Waals surface area (Å²) in [6.45, 7) is 1.66. The first-order chi connectivity index (χ1) is 12.2. The van der Waals surface area contributed by atoms with Gasteiger partial charge in [0.15, 0.2) is 23.0 Å². The zero-order valence-corrected chi connectivity index (χ0v) is 14.1. The Labute approximate surface area is 149 Å². The van der Waals surface area contributed by atoms with E-state index in [2.05, 4.69) is 5.32 Å². The average Bonchev–Trinajstić information content (AvgIpc) is 2.95. The molecule has 6 nitrogen and oxygen atoms in total. The monoisotopic (exact) mass is 361 g/mol. The lowest BCUT2D eigenvalue weighted by molar-refractivity contribution is 0.0950. The summed E-state index contributed by atoms with van der Waals surface area (Å²) in [5, 5.41) is 3.23. The number of benzene rings is 2. The summed E-state index contributed by atoms with van der Waals surface area (Å²) in [5.41, 5.74) is 1.34. The van der Waals surface area contributed by atoms with Crippen LogP contribution in [-0.2, 0) is 6.54 Å². The second-order valence-electron chi connectivity index (χ2n) is 5.71. The fourth-order valence-corrected chi connectivity index (χ4v) is 2.96. The highest BCUT2D eigenvalue weighted by molar-refractivity contribution is 6.32. The van der Waals surface area contributed by atoms with Gasteiger partial charge in [-0.2, -0.15) is 0 Å². The molecule has 2 aromatic rings. The lowest BCUT2D eigenvalue weighted by Gasteiger charge is -2.12. The molecule has 1 N–H and O–H groups in total. The number of nitrogens with one attached hydrogen (secondary N) is 1. The van der Waals surface area contributed by atoms with Gasteiger partial charge in [-0.25, -0.2) is 0 Å². The van der Waals surface area contributed by atoms with Crippen molar-refractivity contribution in [3.63, 3.8) is 0 Å². The van der Waals surface area contributed by atoms with Gasteiger partial charge in [-0.05, 0) is 29.8 Å². The molecule has 0 radical (unpaired) electrons. The van der Waals surface area contributed by atoms with Crippen LogP contribution in [0.25, 0.3) is 0 Å². The van der Waals surface area contributed by atoms with Crippen molar-refractivity contribution >= 4 is 17.5 Å². The maximum atomic E-state index is 12.5. The number of rotatable bonds is 3. The van der Waals surface area contributed by atoms with Gasteiger partial charge in [-0.15, -0.1) is 0 Å². The van der Waals surface area contributed by atoms with E-state index < -0.39 is 0 Å². The van der Waals surface area contributed by atoms with Crippen molar-refractivity contribution in [3.05, 3.63) is 46.5 Å². The van der Waals surface area contributed by atoms with Crippen molar-refractivity contribution in [2.45, 2.75) is 13.0 Å². The first kappa shape index (κ1) is 15.9. The van der Waals surface area contributed by atoms with E-state index in [9.17, 15) is 4.79 Å². The zero-order valence-electron chi connectivity index (χ0n) is 13.3. The minimum atomic E-state index is -0.241. The predicted octanol–water partition coefficient (Wildman–Crippen LogP) is 3.16. The molecule has 4 rings (SSSR count). The van der Waals surface area contributed by atoms with Crippen LogP contribution in [0.1, 0.15) is 22.3 Å². The third kappa shape index (κ3) is 3.30. The predicted molar refractivity (Wildman–Crippen MR) is 90.8 cm³/mol. The van der Waals surface area contributed by atoms with Crippen LogP contribution in [0.2, 0.25) is 5.02 Å². The van der Waals surface area contributed by atoms with Crippen molar-refractivity contribution in [2.24, 2.45) is 0 Å². The molecule has 0 bridgehead atoms. The van der Waals surface area contributed by atoms with Gasteiger partial charge >= 0.3 is 0 Å². The maximum absolute atomic E-state index is 12.5. The maximum Gasteiger partial charge on any atom is 0.251 e. The van der Waals surface area contributed by atoms with Crippen LogP contribution in [0.3, 0.4) is 0 Å². The first-order valence-electron chi connectivity index (χ1n) is 7.96. The Morgan fingerprint density at radius 3 is 2.76 bits per heavy atom. The molecule has 0 aliphatic carbocycles. The Morgan fingerprint density at radius 2 is 1.84 bits per heavy atom. The summed E-state index contributed by atoms with van der Waals surface area (Å²) in [4.78, 5) is 12.5. The second kappa shape index (κ2) is 6.72. The van der Waals surface area contributed by atoms with Crippen molar-refractivity contribution in [1.29, 1.82) is 0 Å². The molecule has 1 amide bonds. The average molecular weight is 362 g/mol. The molecule has 0 unspecified atom stereocenters. The number of amides is 1. The summed E-state index contributed by atoms with van der Waals surface area (Å²) in [6.07, 6.45) is 0.774. The number of ether oxygens (including phenoxy) is 4. The van der Waals surface area contributed by atoms with Gasteiger partial charge in [-0.3, -0.25) is 4.79 Å². The minimum absolute atomic E-state index is 0.223. The van der Waals surface area contributed by atoms with Crippen molar-refractivity contribution in [3.8, 4) is 23.0 Å². The smallest absolute Gasteiger partial charge is 0.251 e. The van der Waals surface area contributed by atoms with E-state index in [0.717, 1.165) is 12.0 Å². The molecule has 2 aromatic carbocycles. The van der Waals surface area contributed by atoms with Crippen LogP contribution in [0.4, 0.5) is 0 Å². The van der Waals surface area contributed by atoms with Gasteiger partial charge in [-0.1, -0.05) is 17.7 Å². The minimum Gasteiger partial charge on any atom is -0.489 e. The van der Waals surface area contributed by atoms with Gasteiger partial charge in [0.1, 0.15) is 0 Å². The van der Waals surface area contributed by atoms with Crippen molar-refractivity contribution in [1.82, 2.24) is 5.32 Å². The molecule has 0 fully saturated rings. The third-order valence-corrected chi connectivity index (χ3v) is 4.24. The molecule has 7 heteroatoms. The molecule has 0 spiro atoms. The summed E-state index contributed by atoms with van der Waals surface area (Å²) in [6, 6.07) is 8.80. The molecular formula is C18H16ClNO5. The first-order valence-corrected chi connectivity index (χ1v) is 8.34. The SMILES string of the molecule is O=C(NCc1ccc2c(c1)OCO2)c1cc(Cl)c2c(c1)OCCCO2. The highest BCUT2D eigenvalue weighted by atomic mass is 35.5. The molecule has 2 aliphatic rings. The highest BCUT2D eigenvalue weighted by Crippen LogP contribution is 2.38. The van der Waals surface area contributed by atoms with Gasteiger partial charge in [0.25, 0.3) is 5.91 Å². The molecule has 0 aromatic heterocycles. The molecule has 130 valence electrons. The quantitative estimate of drug-likeness (QED) is 0.909. The number of halogens is 1. The van der Waals surface area contributed by atoms with Crippen molar-refractivity contribution < 1.29 is 23.7 Å². The topological polar surface area (TPSA) is 66.0 Å². The van der Waals surface area contributed by atoms with Crippen molar-refractivity contribution in [2.75, 3.05) is 20.0 Å². The normalized spacial score (nSPS) is 14.8. The van der Waals surface area contributed by atoms with E-state index in [1.807, 2.05) is 18.2 Å². The summed E-state index contributed by atoms with van der Waals surface area (Å²) in [7, 11) is 0. The van der Waals surface area contributed by atoms with Gasteiger partial charge in [0.05, 0.1) is 18.2 Å². The Balaban J connectivity index is 1.48. The van der Waals surface area contributed by atoms with E-state index >= 15 is 0 Å². The van der Waals surface area contributed by atoms with E-state index in [-0.39, 0.29) is 12.7 Å². The third-order valence-electron chi connectivity index (χ3n) is 3.95. The standard InChI is InChI=1S/C18H16ClNO5/c19-13-7-12(8-16-17(13)23-5-1-4-22-16)18(21)20-9-11-2-3-14-15(6-11)25-10-24-14/h2-3,6-8H,1,4-5,9-10H2,(H,20,21). The van der Waals surface area contributed by atoms with E-state index in [4.69, 9.17) is 30.5 Å². The van der Waals surface area contributed by atoms with Gasteiger partial charge in [0, 0.05) is 18.5 Å².